The SMILES string of the molecule is NC(=[NH2+])c1ccc2cc(-c3ccc(N4CC(C=O)=NC4=O)cc3)ccc2c1. The van der Waals surface area contributed by atoms with Gasteiger partial charge in [-0.1, -0.05) is 30.3 Å². The van der Waals surface area contributed by atoms with Gasteiger partial charge in [-0.15, -0.1) is 0 Å². The van der Waals surface area contributed by atoms with Crippen LogP contribution in [0.15, 0.2) is 65.7 Å². The van der Waals surface area contributed by atoms with Crippen molar-refractivity contribution in [3.05, 3.63) is 66.2 Å². The number of nitrogens with zero attached hydrogens (tertiary/aromatic N) is 2. The second kappa shape index (κ2) is 6.49. The highest BCUT2D eigenvalue weighted by atomic mass is 16.2. The molecule has 1 aliphatic heterocycles. The summed E-state index contributed by atoms with van der Waals surface area (Å²) in [5.74, 6) is 0.301. The minimum absolute atomic E-state index is 0.210. The Balaban J connectivity index is 1.62. The molecule has 0 aliphatic carbocycles. The fraction of sp³-hybridized carbons (Fsp3) is 0.0476. The minimum atomic E-state index is -0.414. The summed E-state index contributed by atoms with van der Waals surface area (Å²) in [6.07, 6.45) is 0.614. The predicted octanol–water partition coefficient (Wildman–Crippen LogP) is 1.55. The first-order valence-electron chi connectivity index (χ1n) is 8.42. The first-order valence-corrected chi connectivity index (χ1v) is 8.42. The van der Waals surface area contributed by atoms with Gasteiger partial charge in [0.15, 0.2) is 6.29 Å². The molecular formula is C21H17N4O2+. The van der Waals surface area contributed by atoms with Crippen LogP contribution >= 0.6 is 0 Å². The monoisotopic (exact) mass is 357 g/mol. The van der Waals surface area contributed by atoms with Crippen LogP contribution in [0.2, 0.25) is 0 Å². The lowest BCUT2D eigenvalue weighted by atomic mass is 9.99. The second-order valence-electron chi connectivity index (χ2n) is 6.37. The molecule has 0 saturated heterocycles. The Kier molecular flexibility index (Phi) is 4.01. The zero-order valence-electron chi connectivity index (χ0n) is 14.4. The molecule has 0 atom stereocenters. The Labute approximate surface area is 155 Å². The lowest BCUT2D eigenvalue weighted by Gasteiger charge is -2.15. The second-order valence-corrected chi connectivity index (χ2v) is 6.37. The Bertz CT molecular complexity index is 1120. The molecule has 1 aliphatic rings. The van der Waals surface area contributed by atoms with Crippen LogP contribution in [0.4, 0.5) is 10.5 Å². The number of rotatable bonds is 4. The molecule has 4 N–H and O–H groups in total. The maximum atomic E-state index is 11.9. The van der Waals surface area contributed by atoms with Gasteiger partial charge in [-0.3, -0.25) is 20.8 Å². The first kappa shape index (κ1) is 16.7. The zero-order chi connectivity index (χ0) is 19.0. The highest BCUT2D eigenvalue weighted by Gasteiger charge is 2.24. The highest BCUT2D eigenvalue weighted by Crippen LogP contribution is 2.28. The van der Waals surface area contributed by atoms with Crippen LogP contribution in [0.3, 0.4) is 0 Å². The minimum Gasteiger partial charge on any atom is -0.296 e. The van der Waals surface area contributed by atoms with Crippen molar-refractivity contribution in [3.63, 3.8) is 0 Å². The van der Waals surface area contributed by atoms with E-state index in [0.717, 1.165) is 27.5 Å². The van der Waals surface area contributed by atoms with Crippen LogP contribution in [0.25, 0.3) is 21.9 Å². The average Bonchev–Trinajstić information content (AvgIpc) is 3.08. The molecule has 6 heteroatoms. The third-order valence-electron chi connectivity index (χ3n) is 4.61. The van der Waals surface area contributed by atoms with Gasteiger partial charge in [-0.2, -0.15) is 4.99 Å². The number of fused-ring (bicyclic) bond motifs is 1. The molecule has 0 aromatic heterocycles. The predicted molar refractivity (Wildman–Crippen MR) is 106 cm³/mol. The van der Waals surface area contributed by atoms with E-state index in [1.165, 1.54) is 4.90 Å². The van der Waals surface area contributed by atoms with E-state index in [1.54, 1.807) is 0 Å². The van der Waals surface area contributed by atoms with Gasteiger partial charge in [0.2, 0.25) is 0 Å². The molecule has 3 aromatic carbocycles. The number of hydrogen-bond donors (Lipinski definition) is 2. The number of nitrogens with two attached hydrogens (primary N) is 2. The molecular weight excluding hydrogens is 340 g/mol. The maximum absolute atomic E-state index is 11.9. The average molecular weight is 357 g/mol. The van der Waals surface area contributed by atoms with E-state index in [1.807, 2.05) is 54.6 Å². The lowest BCUT2D eigenvalue weighted by Crippen LogP contribution is -2.46. The van der Waals surface area contributed by atoms with Crippen molar-refractivity contribution in [1.82, 2.24) is 0 Å². The number of hydrogen-bond acceptors (Lipinski definition) is 2. The van der Waals surface area contributed by atoms with E-state index in [-0.39, 0.29) is 12.3 Å². The van der Waals surface area contributed by atoms with E-state index in [2.05, 4.69) is 11.1 Å². The molecule has 0 saturated carbocycles. The van der Waals surface area contributed by atoms with Crippen molar-refractivity contribution in [2.75, 3.05) is 11.4 Å². The summed E-state index contributed by atoms with van der Waals surface area (Å²) in [5.41, 5.74) is 9.51. The van der Waals surface area contributed by atoms with E-state index >= 15 is 0 Å². The molecule has 0 fully saturated rings. The van der Waals surface area contributed by atoms with Crippen LogP contribution in [-0.2, 0) is 4.79 Å². The molecule has 0 spiro atoms. The molecule has 0 unspecified atom stereocenters. The number of benzene rings is 3. The summed E-state index contributed by atoms with van der Waals surface area (Å²) in [5, 5.41) is 7.80. The van der Waals surface area contributed by atoms with Crippen LogP contribution in [-0.4, -0.2) is 30.4 Å². The zero-order valence-corrected chi connectivity index (χ0v) is 14.4. The summed E-state index contributed by atoms with van der Waals surface area (Å²) in [7, 11) is 0. The van der Waals surface area contributed by atoms with Gasteiger partial charge in [0.05, 0.1) is 12.1 Å². The highest BCUT2D eigenvalue weighted by molar-refractivity contribution is 6.36. The fourth-order valence-electron chi connectivity index (χ4n) is 3.15. The summed E-state index contributed by atoms with van der Waals surface area (Å²) in [6.45, 7) is 0.210. The van der Waals surface area contributed by atoms with Gasteiger partial charge in [-0.05, 0) is 52.2 Å². The van der Waals surface area contributed by atoms with Gasteiger partial charge in [0.25, 0.3) is 5.84 Å². The molecule has 1 heterocycles. The van der Waals surface area contributed by atoms with Gasteiger partial charge in [0.1, 0.15) is 5.71 Å². The summed E-state index contributed by atoms with van der Waals surface area (Å²) in [4.78, 5) is 27.9. The van der Waals surface area contributed by atoms with Crippen LogP contribution < -0.4 is 16.0 Å². The summed E-state index contributed by atoms with van der Waals surface area (Å²) < 4.78 is 0. The molecule has 0 radical (unpaired) electrons. The number of amides is 2. The largest absolute Gasteiger partial charge is 0.348 e. The summed E-state index contributed by atoms with van der Waals surface area (Å²) >= 11 is 0. The first-order chi connectivity index (χ1) is 13.0. The molecule has 2 amide bonds. The number of carbonyl (C=O) groups is 2. The Morgan fingerprint density at radius 2 is 1.67 bits per heavy atom. The standard InChI is InChI=1S/C21H16N4O2/c22-20(23)17-4-3-15-9-14(1-2-16(15)10-17)13-5-7-19(8-6-13)25-11-18(12-26)24-21(25)27/h1-10,12H,11H2,(H3,22,23)/p+1. The molecule has 0 bridgehead atoms. The third kappa shape index (κ3) is 3.08. The van der Waals surface area contributed by atoms with Crippen molar-refractivity contribution in [2.45, 2.75) is 0 Å². The molecule has 27 heavy (non-hydrogen) atoms. The normalized spacial score (nSPS) is 13.7. The number of carbonyl (C=O) groups excluding carboxylic acids is 2. The summed E-state index contributed by atoms with van der Waals surface area (Å²) in [6, 6.07) is 19.2. The third-order valence-corrected chi connectivity index (χ3v) is 4.61. The maximum Gasteiger partial charge on any atom is 0.348 e. The Morgan fingerprint density at radius 3 is 2.33 bits per heavy atom. The van der Waals surface area contributed by atoms with Gasteiger partial charge < -0.3 is 0 Å². The number of anilines is 1. The molecule has 132 valence electrons. The van der Waals surface area contributed by atoms with E-state index < -0.39 is 6.03 Å². The lowest BCUT2D eigenvalue weighted by molar-refractivity contribution is -0.114. The van der Waals surface area contributed by atoms with Crippen molar-refractivity contribution in [1.29, 1.82) is 0 Å². The number of aliphatic imine (C=N–C) groups is 1. The molecule has 6 nitrogen and oxygen atoms in total. The van der Waals surface area contributed by atoms with Crippen molar-refractivity contribution >= 4 is 40.3 Å². The smallest absolute Gasteiger partial charge is 0.296 e. The van der Waals surface area contributed by atoms with Crippen LogP contribution in [0.1, 0.15) is 5.56 Å². The van der Waals surface area contributed by atoms with Crippen LogP contribution in [0, 0.1) is 0 Å². The van der Waals surface area contributed by atoms with Gasteiger partial charge in [0, 0.05) is 5.69 Å². The van der Waals surface area contributed by atoms with Crippen molar-refractivity contribution in [2.24, 2.45) is 10.7 Å². The Morgan fingerprint density at radius 1 is 1.00 bits per heavy atom. The molecule has 4 rings (SSSR count). The van der Waals surface area contributed by atoms with E-state index in [9.17, 15) is 9.59 Å². The fourth-order valence-corrected chi connectivity index (χ4v) is 3.15. The van der Waals surface area contributed by atoms with Crippen molar-refractivity contribution in [3.8, 4) is 11.1 Å². The topological polar surface area (TPSA) is 101 Å². The van der Waals surface area contributed by atoms with Gasteiger partial charge >= 0.3 is 6.03 Å². The number of urea groups is 1. The number of amidine groups is 1. The number of aldehydes is 1. The van der Waals surface area contributed by atoms with Crippen LogP contribution in [0.5, 0.6) is 0 Å². The van der Waals surface area contributed by atoms with Crippen molar-refractivity contribution < 1.29 is 15.0 Å². The van der Waals surface area contributed by atoms with E-state index in [0.29, 0.717) is 17.8 Å². The quantitative estimate of drug-likeness (QED) is 0.421. The van der Waals surface area contributed by atoms with Gasteiger partial charge in [-0.25, -0.2) is 4.79 Å². The Hall–Kier alpha value is -3.80. The molecule has 3 aromatic rings. The van der Waals surface area contributed by atoms with E-state index in [4.69, 9.17) is 11.1 Å².